The Bertz CT molecular complexity index is 423. The molecule has 0 aromatic carbocycles. The summed E-state index contributed by atoms with van der Waals surface area (Å²) in [5.41, 5.74) is 1.35. The number of hydrogen-bond acceptors (Lipinski definition) is 4. The number of aromatic nitrogens is 1. The van der Waals surface area contributed by atoms with Gasteiger partial charge in [-0.05, 0) is 24.1 Å². The predicted molar refractivity (Wildman–Crippen MR) is 52.5 cm³/mol. The van der Waals surface area contributed by atoms with Crippen molar-refractivity contribution in [2.24, 2.45) is 0 Å². The van der Waals surface area contributed by atoms with Crippen LogP contribution in [0.3, 0.4) is 0 Å². The van der Waals surface area contributed by atoms with Crippen molar-refractivity contribution in [1.82, 2.24) is 4.98 Å². The van der Waals surface area contributed by atoms with Crippen molar-refractivity contribution in [2.75, 3.05) is 0 Å². The molecule has 0 aliphatic carbocycles. The van der Waals surface area contributed by atoms with E-state index in [9.17, 15) is 9.59 Å². The molecule has 1 aromatic heterocycles. The fraction of sp³-hybridized carbons (Fsp3) is 0.182. The van der Waals surface area contributed by atoms with Gasteiger partial charge >= 0.3 is 11.9 Å². The maximum atomic E-state index is 11.3. The summed E-state index contributed by atoms with van der Waals surface area (Å²) in [6.45, 7) is 0. The maximum absolute atomic E-state index is 11.3. The number of esters is 2. The summed E-state index contributed by atoms with van der Waals surface area (Å²) in [6.07, 6.45) is 5.70. The molecule has 0 N–H and O–H groups in total. The van der Waals surface area contributed by atoms with Crippen LogP contribution in [0, 0.1) is 0 Å². The van der Waals surface area contributed by atoms with Gasteiger partial charge in [0, 0.05) is 18.0 Å². The van der Waals surface area contributed by atoms with E-state index in [1.54, 1.807) is 24.5 Å². The molecule has 0 saturated carbocycles. The molecule has 15 heavy (non-hydrogen) atoms. The lowest BCUT2D eigenvalue weighted by molar-refractivity contribution is -0.159. The number of rotatable bonds is 1. The normalized spacial score (nSPS) is 19.1. The molecule has 4 nitrogen and oxygen atoms in total. The highest BCUT2D eigenvalue weighted by molar-refractivity contribution is 6.02. The molecule has 0 bridgehead atoms. The Morgan fingerprint density at radius 3 is 2.87 bits per heavy atom. The van der Waals surface area contributed by atoms with Crippen molar-refractivity contribution in [3.8, 4) is 0 Å². The van der Waals surface area contributed by atoms with Crippen molar-refractivity contribution >= 4 is 18.0 Å². The van der Waals surface area contributed by atoms with Crippen LogP contribution in [-0.2, 0) is 14.3 Å². The summed E-state index contributed by atoms with van der Waals surface area (Å²) in [5.74, 6) is -1.00. The van der Waals surface area contributed by atoms with E-state index < -0.39 is 11.9 Å². The lowest BCUT2D eigenvalue weighted by Gasteiger charge is -2.11. The highest BCUT2D eigenvalue weighted by Crippen LogP contribution is 2.17. The van der Waals surface area contributed by atoms with Crippen LogP contribution in [0.1, 0.15) is 18.4 Å². The Balaban J connectivity index is 2.21. The quantitative estimate of drug-likeness (QED) is 0.392. The molecule has 4 heteroatoms. The number of pyridine rings is 1. The lowest BCUT2D eigenvalue weighted by Crippen LogP contribution is -2.20. The van der Waals surface area contributed by atoms with E-state index in [2.05, 4.69) is 9.72 Å². The Morgan fingerprint density at radius 2 is 2.20 bits per heavy atom. The zero-order valence-corrected chi connectivity index (χ0v) is 7.97. The predicted octanol–water partition coefficient (Wildman–Crippen LogP) is 1.33. The van der Waals surface area contributed by atoms with Crippen molar-refractivity contribution in [3.05, 3.63) is 35.7 Å². The molecule has 2 rings (SSSR count). The van der Waals surface area contributed by atoms with Crippen LogP contribution in [0.2, 0.25) is 0 Å². The van der Waals surface area contributed by atoms with Crippen LogP contribution in [0.4, 0.5) is 0 Å². The smallest absolute Gasteiger partial charge is 0.341 e. The molecule has 0 spiro atoms. The van der Waals surface area contributed by atoms with E-state index in [4.69, 9.17) is 0 Å². The van der Waals surface area contributed by atoms with E-state index in [0.29, 0.717) is 12.0 Å². The fourth-order valence-corrected chi connectivity index (χ4v) is 1.35. The molecular formula is C11H9NO3. The molecule has 0 atom stereocenters. The molecule has 1 aliphatic rings. The summed E-state index contributed by atoms with van der Waals surface area (Å²) >= 11 is 0. The van der Waals surface area contributed by atoms with E-state index in [0.717, 1.165) is 5.56 Å². The lowest BCUT2D eigenvalue weighted by atomic mass is 10.1. The second kappa shape index (κ2) is 4.04. The van der Waals surface area contributed by atoms with Crippen molar-refractivity contribution in [2.45, 2.75) is 12.8 Å². The third-order valence-corrected chi connectivity index (χ3v) is 2.09. The standard InChI is InChI=1S/C11H9NO3/c13-10-4-3-9(11(14)15-10)6-8-2-1-5-12-7-8/h1-2,5-7H,3-4H2/b9-6+. The summed E-state index contributed by atoms with van der Waals surface area (Å²) in [7, 11) is 0. The second-order valence-electron chi connectivity index (χ2n) is 3.22. The first-order chi connectivity index (χ1) is 7.25. The molecule has 76 valence electrons. The van der Waals surface area contributed by atoms with Gasteiger partial charge < -0.3 is 4.74 Å². The van der Waals surface area contributed by atoms with Gasteiger partial charge in [0.25, 0.3) is 0 Å². The topological polar surface area (TPSA) is 56.3 Å². The van der Waals surface area contributed by atoms with Crippen LogP contribution in [0.25, 0.3) is 6.08 Å². The minimum absolute atomic E-state index is 0.262. The zero-order chi connectivity index (χ0) is 10.7. The van der Waals surface area contributed by atoms with Gasteiger partial charge in [-0.25, -0.2) is 4.79 Å². The summed E-state index contributed by atoms with van der Waals surface area (Å²) < 4.78 is 4.50. The first-order valence-corrected chi connectivity index (χ1v) is 4.61. The SMILES string of the molecule is O=C1CC/C(=C\c2cccnc2)C(=O)O1. The van der Waals surface area contributed by atoms with Gasteiger partial charge in [-0.1, -0.05) is 6.07 Å². The number of cyclic esters (lactones) is 2. The number of carbonyl (C=O) groups excluding carboxylic acids is 2. The molecule has 1 aliphatic heterocycles. The molecular weight excluding hydrogens is 194 g/mol. The van der Waals surface area contributed by atoms with E-state index in [1.165, 1.54) is 0 Å². The van der Waals surface area contributed by atoms with Crippen LogP contribution in [-0.4, -0.2) is 16.9 Å². The molecule has 0 amide bonds. The average molecular weight is 203 g/mol. The highest BCUT2D eigenvalue weighted by atomic mass is 16.6. The fourth-order valence-electron chi connectivity index (χ4n) is 1.35. The Hall–Kier alpha value is -1.97. The number of hydrogen-bond donors (Lipinski definition) is 0. The van der Waals surface area contributed by atoms with E-state index in [-0.39, 0.29) is 6.42 Å². The van der Waals surface area contributed by atoms with Gasteiger partial charge in [0.05, 0.1) is 6.42 Å². The molecule has 2 heterocycles. The van der Waals surface area contributed by atoms with Crippen LogP contribution in [0.15, 0.2) is 30.1 Å². The van der Waals surface area contributed by atoms with Gasteiger partial charge in [0.15, 0.2) is 0 Å². The van der Waals surface area contributed by atoms with Gasteiger partial charge in [0.1, 0.15) is 0 Å². The van der Waals surface area contributed by atoms with Crippen molar-refractivity contribution in [3.63, 3.8) is 0 Å². The Labute approximate surface area is 86.6 Å². The van der Waals surface area contributed by atoms with Gasteiger partial charge in [-0.15, -0.1) is 0 Å². The molecule has 1 saturated heterocycles. The largest absolute Gasteiger partial charge is 0.390 e. The molecule has 1 fully saturated rings. The number of ether oxygens (including phenoxy) is 1. The molecule has 0 radical (unpaired) electrons. The van der Waals surface area contributed by atoms with Crippen molar-refractivity contribution in [1.29, 1.82) is 0 Å². The summed E-state index contributed by atoms with van der Waals surface area (Å²) in [6, 6.07) is 3.62. The third-order valence-electron chi connectivity index (χ3n) is 2.09. The number of carbonyl (C=O) groups is 2. The average Bonchev–Trinajstić information content (AvgIpc) is 2.24. The van der Waals surface area contributed by atoms with Crippen molar-refractivity contribution < 1.29 is 14.3 Å². The summed E-state index contributed by atoms with van der Waals surface area (Å²) in [5, 5.41) is 0. The minimum atomic E-state index is -0.546. The highest BCUT2D eigenvalue weighted by Gasteiger charge is 2.22. The van der Waals surface area contributed by atoms with Gasteiger partial charge in [-0.3, -0.25) is 9.78 Å². The van der Waals surface area contributed by atoms with Gasteiger partial charge in [-0.2, -0.15) is 0 Å². The van der Waals surface area contributed by atoms with Crippen LogP contribution < -0.4 is 0 Å². The van der Waals surface area contributed by atoms with Gasteiger partial charge in [0.2, 0.25) is 0 Å². The van der Waals surface area contributed by atoms with E-state index >= 15 is 0 Å². The molecule has 1 aromatic rings. The Morgan fingerprint density at radius 1 is 1.33 bits per heavy atom. The first-order valence-electron chi connectivity index (χ1n) is 4.61. The maximum Gasteiger partial charge on any atom is 0.341 e. The molecule has 0 unspecified atom stereocenters. The van der Waals surface area contributed by atoms with Crippen LogP contribution >= 0.6 is 0 Å². The third kappa shape index (κ3) is 2.28. The first kappa shape index (κ1) is 9.58. The monoisotopic (exact) mass is 203 g/mol. The summed E-state index contributed by atoms with van der Waals surface area (Å²) in [4.78, 5) is 26.0. The minimum Gasteiger partial charge on any atom is -0.390 e. The van der Waals surface area contributed by atoms with Crippen LogP contribution in [0.5, 0.6) is 0 Å². The number of nitrogens with zero attached hydrogens (tertiary/aromatic N) is 1. The zero-order valence-electron chi connectivity index (χ0n) is 7.97. The second-order valence-corrected chi connectivity index (χ2v) is 3.22. The Kier molecular flexibility index (Phi) is 2.58. The van der Waals surface area contributed by atoms with E-state index in [1.807, 2.05) is 6.07 Å².